The lowest BCUT2D eigenvalue weighted by molar-refractivity contribution is -0.0161. The summed E-state index contributed by atoms with van der Waals surface area (Å²) < 4.78 is 5.86. The van der Waals surface area contributed by atoms with Crippen LogP contribution in [0.3, 0.4) is 0 Å². The summed E-state index contributed by atoms with van der Waals surface area (Å²) >= 11 is 0. The number of fused-ring (bicyclic) bond motifs is 1. The van der Waals surface area contributed by atoms with Crippen molar-refractivity contribution in [1.82, 2.24) is 10.3 Å². The van der Waals surface area contributed by atoms with E-state index in [1.54, 1.807) is 0 Å². The van der Waals surface area contributed by atoms with Gasteiger partial charge in [-0.05, 0) is 57.2 Å². The molecule has 2 aliphatic rings. The van der Waals surface area contributed by atoms with Crippen LogP contribution < -0.4 is 10.6 Å². The number of hydrogen-bond donors (Lipinski definition) is 2. The second-order valence-corrected chi connectivity index (χ2v) is 5.98. The number of unbranched alkanes of at least 4 members (excludes halogenated alkanes) is 1. The fourth-order valence-electron chi connectivity index (χ4n) is 2.92. The molecule has 0 saturated heterocycles. The Morgan fingerprint density at radius 1 is 1.38 bits per heavy atom. The van der Waals surface area contributed by atoms with Crippen LogP contribution in [0.2, 0.25) is 0 Å². The molecule has 3 rings (SSSR count). The molecule has 0 bridgehead atoms. The van der Waals surface area contributed by atoms with E-state index in [1.807, 2.05) is 19.3 Å². The summed E-state index contributed by atoms with van der Waals surface area (Å²) in [5.74, 6) is 1.03. The maximum atomic E-state index is 5.86. The molecule has 1 aromatic heterocycles. The van der Waals surface area contributed by atoms with Crippen molar-refractivity contribution in [3.63, 3.8) is 0 Å². The summed E-state index contributed by atoms with van der Waals surface area (Å²) in [6, 6.07) is 4.81. The number of aromatic nitrogens is 1. The fraction of sp³-hybridized carbons (Fsp3) is 0.588. The van der Waals surface area contributed by atoms with Crippen molar-refractivity contribution in [1.29, 1.82) is 0 Å². The minimum absolute atomic E-state index is 0.491. The van der Waals surface area contributed by atoms with Gasteiger partial charge in [0.25, 0.3) is 0 Å². The molecule has 1 aliphatic heterocycles. The van der Waals surface area contributed by atoms with Crippen LogP contribution in [-0.2, 0) is 11.2 Å². The number of ether oxygens (including phenoxy) is 1. The van der Waals surface area contributed by atoms with Crippen molar-refractivity contribution in [3.05, 3.63) is 35.7 Å². The number of nitrogens with zero attached hydrogens (tertiary/aromatic N) is 1. The van der Waals surface area contributed by atoms with Crippen LogP contribution in [0.15, 0.2) is 30.1 Å². The average molecular weight is 287 g/mol. The molecule has 1 saturated carbocycles. The van der Waals surface area contributed by atoms with Gasteiger partial charge in [0.15, 0.2) is 0 Å². The van der Waals surface area contributed by atoms with E-state index in [-0.39, 0.29) is 0 Å². The van der Waals surface area contributed by atoms with Gasteiger partial charge in [0.05, 0.1) is 6.10 Å². The number of anilines is 1. The first-order valence-electron chi connectivity index (χ1n) is 8.04. The first kappa shape index (κ1) is 14.5. The van der Waals surface area contributed by atoms with Crippen LogP contribution in [-0.4, -0.2) is 30.8 Å². The lowest BCUT2D eigenvalue weighted by atomic mass is 9.89. The van der Waals surface area contributed by atoms with Crippen molar-refractivity contribution in [2.75, 3.05) is 19.0 Å². The van der Waals surface area contributed by atoms with Gasteiger partial charge >= 0.3 is 0 Å². The van der Waals surface area contributed by atoms with E-state index in [2.05, 4.69) is 27.8 Å². The Kier molecular flexibility index (Phi) is 4.88. The van der Waals surface area contributed by atoms with Crippen molar-refractivity contribution >= 4 is 5.82 Å². The van der Waals surface area contributed by atoms with Gasteiger partial charge in [0, 0.05) is 24.5 Å². The SMILES string of the molecule is CNC1CC(OCCCCC2=CCc3cccnc3N2)C1. The zero-order chi connectivity index (χ0) is 14.5. The molecule has 0 aromatic carbocycles. The van der Waals surface area contributed by atoms with Crippen LogP contribution >= 0.6 is 0 Å². The molecule has 4 heteroatoms. The number of allylic oxidation sites excluding steroid dienone is 2. The highest BCUT2D eigenvalue weighted by atomic mass is 16.5. The molecule has 2 N–H and O–H groups in total. The number of nitrogens with one attached hydrogen (secondary N) is 2. The minimum atomic E-state index is 0.491. The molecule has 1 aliphatic carbocycles. The average Bonchev–Trinajstić information content (AvgIpc) is 2.48. The molecular weight excluding hydrogens is 262 g/mol. The molecule has 0 radical (unpaired) electrons. The maximum absolute atomic E-state index is 5.86. The summed E-state index contributed by atoms with van der Waals surface area (Å²) in [5.41, 5.74) is 2.59. The van der Waals surface area contributed by atoms with Gasteiger partial charge in [0.2, 0.25) is 0 Å². The third-order valence-electron chi connectivity index (χ3n) is 4.44. The molecular formula is C17H25N3O. The van der Waals surface area contributed by atoms with E-state index in [1.165, 1.54) is 30.5 Å². The topological polar surface area (TPSA) is 46.2 Å². The minimum Gasteiger partial charge on any atom is -0.378 e. The van der Waals surface area contributed by atoms with Crippen LogP contribution in [0.4, 0.5) is 5.82 Å². The van der Waals surface area contributed by atoms with Crippen LogP contribution in [0.1, 0.15) is 37.7 Å². The summed E-state index contributed by atoms with van der Waals surface area (Å²) in [6.45, 7) is 0.892. The summed E-state index contributed by atoms with van der Waals surface area (Å²) in [7, 11) is 2.03. The second-order valence-electron chi connectivity index (χ2n) is 5.98. The predicted molar refractivity (Wildman–Crippen MR) is 85.3 cm³/mol. The van der Waals surface area contributed by atoms with Crippen LogP contribution in [0.25, 0.3) is 0 Å². The van der Waals surface area contributed by atoms with Gasteiger partial charge in [0.1, 0.15) is 5.82 Å². The fourth-order valence-corrected chi connectivity index (χ4v) is 2.92. The first-order chi connectivity index (χ1) is 10.3. The smallest absolute Gasteiger partial charge is 0.133 e. The summed E-state index contributed by atoms with van der Waals surface area (Å²) in [4.78, 5) is 4.39. The standard InChI is InChI=1S/C17H25N3O/c1-18-15-11-16(12-15)21-10-3-2-6-14-8-7-13-5-4-9-19-17(13)20-14/h4-5,8-9,15-16,18H,2-3,6-7,10-12H2,1H3,(H,19,20). The lowest BCUT2D eigenvalue weighted by Crippen LogP contribution is -2.43. The normalized spacial score (nSPS) is 23.8. The van der Waals surface area contributed by atoms with E-state index in [0.29, 0.717) is 12.1 Å². The predicted octanol–water partition coefficient (Wildman–Crippen LogP) is 2.87. The van der Waals surface area contributed by atoms with Crippen molar-refractivity contribution in [2.45, 2.75) is 50.7 Å². The molecule has 0 spiro atoms. The van der Waals surface area contributed by atoms with Crippen molar-refractivity contribution < 1.29 is 4.74 Å². The van der Waals surface area contributed by atoms with E-state index >= 15 is 0 Å². The van der Waals surface area contributed by atoms with Gasteiger partial charge in [-0.3, -0.25) is 0 Å². The second kappa shape index (κ2) is 7.05. The van der Waals surface area contributed by atoms with E-state index in [4.69, 9.17) is 4.74 Å². The molecule has 0 amide bonds. The Bertz CT molecular complexity index is 495. The first-order valence-corrected chi connectivity index (χ1v) is 8.04. The van der Waals surface area contributed by atoms with Crippen LogP contribution in [0.5, 0.6) is 0 Å². The highest BCUT2D eigenvalue weighted by Gasteiger charge is 2.27. The number of hydrogen-bond acceptors (Lipinski definition) is 4. The zero-order valence-electron chi connectivity index (χ0n) is 12.8. The number of rotatable bonds is 7. The Morgan fingerprint density at radius 2 is 2.29 bits per heavy atom. The van der Waals surface area contributed by atoms with Gasteiger partial charge < -0.3 is 15.4 Å². The highest BCUT2D eigenvalue weighted by Crippen LogP contribution is 2.24. The lowest BCUT2D eigenvalue weighted by Gasteiger charge is -2.34. The van der Waals surface area contributed by atoms with Gasteiger partial charge in [-0.15, -0.1) is 0 Å². The van der Waals surface area contributed by atoms with Crippen molar-refractivity contribution in [2.24, 2.45) is 0 Å². The van der Waals surface area contributed by atoms with Crippen LogP contribution in [0, 0.1) is 0 Å². The molecule has 1 aromatic rings. The maximum Gasteiger partial charge on any atom is 0.133 e. The molecule has 21 heavy (non-hydrogen) atoms. The van der Waals surface area contributed by atoms with E-state index in [9.17, 15) is 0 Å². The van der Waals surface area contributed by atoms with Gasteiger partial charge in [-0.2, -0.15) is 0 Å². The Balaban J connectivity index is 1.29. The molecule has 4 nitrogen and oxygen atoms in total. The molecule has 114 valence electrons. The Labute approximate surface area is 127 Å². The van der Waals surface area contributed by atoms with Crippen molar-refractivity contribution in [3.8, 4) is 0 Å². The number of pyridine rings is 1. The third-order valence-corrected chi connectivity index (χ3v) is 4.44. The molecule has 1 fully saturated rings. The third kappa shape index (κ3) is 3.83. The zero-order valence-corrected chi connectivity index (χ0v) is 12.8. The van der Waals surface area contributed by atoms with Gasteiger partial charge in [-0.1, -0.05) is 12.1 Å². The Morgan fingerprint density at radius 3 is 3.14 bits per heavy atom. The summed E-state index contributed by atoms with van der Waals surface area (Å²) in [6.07, 6.45) is 11.4. The quantitative estimate of drug-likeness (QED) is 0.757. The van der Waals surface area contributed by atoms with E-state index < -0.39 is 0 Å². The molecule has 2 heterocycles. The van der Waals surface area contributed by atoms with Gasteiger partial charge in [-0.25, -0.2) is 4.98 Å². The summed E-state index contributed by atoms with van der Waals surface area (Å²) in [5, 5.41) is 6.72. The highest BCUT2D eigenvalue weighted by molar-refractivity contribution is 5.52. The Hall–Kier alpha value is -1.39. The molecule has 0 unspecified atom stereocenters. The van der Waals surface area contributed by atoms with E-state index in [0.717, 1.165) is 31.7 Å². The monoisotopic (exact) mass is 287 g/mol. The largest absolute Gasteiger partial charge is 0.378 e. The molecule has 0 atom stereocenters.